The summed E-state index contributed by atoms with van der Waals surface area (Å²) in [6.07, 6.45) is 2.11. The monoisotopic (exact) mass is 262 g/mol. The van der Waals surface area contributed by atoms with Crippen LogP contribution in [0.1, 0.15) is 44.1 Å². The predicted molar refractivity (Wildman–Crippen MR) is 74.5 cm³/mol. The number of hydrogen-bond donors (Lipinski definition) is 1. The number of carbonyl (C=O) groups excluding carboxylic acids is 1. The Labute approximate surface area is 114 Å². The summed E-state index contributed by atoms with van der Waals surface area (Å²) >= 11 is 0. The highest BCUT2D eigenvalue weighted by Gasteiger charge is 2.31. The molecule has 1 aromatic rings. The first kappa shape index (κ1) is 13.8. The number of aromatic nitrogens is 2. The second-order valence-electron chi connectivity index (χ2n) is 6.28. The van der Waals surface area contributed by atoms with Crippen molar-refractivity contribution in [2.24, 2.45) is 11.3 Å². The van der Waals surface area contributed by atoms with Crippen molar-refractivity contribution >= 4 is 11.7 Å². The maximum absolute atomic E-state index is 12.2. The van der Waals surface area contributed by atoms with Crippen LogP contribution in [0.2, 0.25) is 0 Å². The fraction of sp³-hybridized carbons (Fsp3) is 0.643. The van der Waals surface area contributed by atoms with Gasteiger partial charge in [-0.2, -0.15) is 0 Å². The van der Waals surface area contributed by atoms with Gasteiger partial charge in [0.2, 0.25) is 0 Å². The number of rotatable bonds is 1. The summed E-state index contributed by atoms with van der Waals surface area (Å²) in [6.45, 7) is 8.39. The SMILES string of the molecule is CC(C)(C)C1CCN(C(=O)c2ccc(N)nn2)CC1. The molecule has 0 aliphatic carbocycles. The van der Waals surface area contributed by atoms with Gasteiger partial charge in [0.05, 0.1) is 0 Å². The van der Waals surface area contributed by atoms with Crippen molar-refractivity contribution in [3.63, 3.8) is 0 Å². The van der Waals surface area contributed by atoms with Crippen LogP contribution < -0.4 is 5.73 Å². The summed E-state index contributed by atoms with van der Waals surface area (Å²) in [5.41, 5.74) is 6.17. The first-order valence-electron chi connectivity index (χ1n) is 6.76. The lowest BCUT2D eigenvalue weighted by Gasteiger charge is -2.38. The molecule has 0 atom stereocenters. The zero-order chi connectivity index (χ0) is 14.0. The number of piperidine rings is 1. The van der Waals surface area contributed by atoms with Crippen molar-refractivity contribution in [3.8, 4) is 0 Å². The van der Waals surface area contributed by atoms with E-state index in [2.05, 4.69) is 31.0 Å². The molecule has 2 N–H and O–H groups in total. The molecule has 0 unspecified atom stereocenters. The van der Waals surface area contributed by atoms with Gasteiger partial charge in [-0.15, -0.1) is 10.2 Å². The van der Waals surface area contributed by atoms with Crippen LogP contribution in [0.15, 0.2) is 12.1 Å². The summed E-state index contributed by atoms with van der Waals surface area (Å²) in [4.78, 5) is 14.1. The molecule has 1 saturated heterocycles. The minimum atomic E-state index is -0.0418. The number of nitrogens with zero attached hydrogens (tertiary/aromatic N) is 3. The van der Waals surface area contributed by atoms with E-state index in [0.29, 0.717) is 22.8 Å². The number of hydrogen-bond acceptors (Lipinski definition) is 4. The van der Waals surface area contributed by atoms with Crippen LogP contribution in [0, 0.1) is 11.3 Å². The van der Waals surface area contributed by atoms with Gasteiger partial charge in [-0.3, -0.25) is 4.79 Å². The number of nitrogens with two attached hydrogens (primary N) is 1. The first-order valence-corrected chi connectivity index (χ1v) is 6.76. The summed E-state index contributed by atoms with van der Waals surface area (Å²) in [6, 6.07) is 3.25. The topological polar surface area (TPSA) is 72.1 Å². The minimum absolute atomic E-state index is 0.0418. The molecular weight excluding hydrogens is 240 g/mol. The molecule has 0 bridgehead atoms. The zero-order valence-electron chi connectivity index (χ0n) is 11.9. The second kappa shape index (κ2) is 5.15. The molecule has 1 fully saturated rings. The van der Waals surface area contributed by atoms with E-state index in [1.807, 2.05) is 4.90 Å². The van der Waals surface area contributed by atoms with Gasteiger partial charge < -0.3 is 10.6 Å². The number of likely N-dealkylation sites (tertiary alicyclic amines) is 1. The average Bonchev–Trinajstić information content (AvgIpc) is 2.38. The maximum Gasteiger partial charge on any atom is 0.274 e. The second-order valence-corrected chi connectivity index (χ2v) is 6.28. The highest BCUT2D eigenvalue weighted by molar-refractivity contribution is 5.92. The smallest absolute Gasteiger partial charge is 0.274 e. The Morgan fingerprint density at radius 1 is 1.26 bits per heavy atom. The number of anilines is 1. The van der Waals surface area contributed by atoms with Crippen LogP contribution in [-0.2, 0) is 0 Å². The normalized spacial score (nSPS) is 17.5. The largest absolute Gasteiger partial charge is 0.382 e. The Hall–Kier alpha value is -1.65. The minimum Gasteiger partial charge on any atom is -0.382 e. The number of amides is 1. The maximum atomic E-state index is 12.2. The van der Waals surface area contributed by atoms with E-state index in [1.54, 1.807) is 12.1 Å². The van der Waals surface area contributed by atoms with Crippen LogP contribution in [0.4, 0.5) is 5.82 Å². The first-order chi connectivity index (χ1) is 8.88. The van der Waals surface area contributed by atoms with Gasteiger partial charge in [-0.05, 0) is 36.3 Å². The van der Waals surface area contributed by atoms with Crippen LogP contribution in [0.3, 0.4) is 0 Å². The quantitative estimate of drug-likeness (QED) is 0.839. The Bertz CT molecular complexity index is 442. The molecule has 5 heteroatoms. The molecule has 0 radical (unpaired) electrons. The molecule has 0 aromatic carbocycles. The van der Waals surface area contributed by atoms with Crippen LogP contribution >= 0.6 is 0 Å². The molecule has 104 valence electrons. The Kier molecular flexibility index (Phi) is 3.73. The zero-order valence-corrected chi connectivity index (χ0v) is 11.9. The van der Waals surface area contributed by atoms with E-state index >= 15 is 0 Å². The summed E-state index contributed by atoms with van der Waals surface area (Å²) in [7, 11) is 0. The third kappa shape index (κ3) is 3.22. The van der Waals surface area contributed by atoms with E-state index in [9.17, 15) is 4.79 Å². The summed E-state index contributed by atoms with van der Waals surface area (Å²) in [5.74, 6) is 0.969. The molecule has 1 aliphatic rings. The van der Waals surface area contributed by atoms with E-state index in [0.717, 1.165) is 25.9 Å². The van der Waals surface area contributed by atoms with Crippen LogP contribution in [-0.4, -0.2) is 34.1 Å². The van der Waals surface area contributed by atoms with E-state index in [-0.39, 0.29) is 5.91 Å². The van der Waals surface area contributed by atoms with Crippen LogP contribution in [0.5, 0.6) is 0 Å². The average molecular weight is 262 g/mol. The highest BCUT2D eigenvalue weighted by Crippen LogP contribution is 2.34. The number of nitrogen functional groups attached to an aromatic ring is 1. The van der Waals surface area contributed by atoms with E-state index in [1.165, 1.54) is 0 Å². The van der Waals surface area contributed by atoms with E-state index < -0.39 is 0 Å². The highest BCUT2D eigenvalue weighted by atomic mass is 16.2. The third-order valence-corrected chi connectivity index (χ3v) is 3.91. The lowest BCUT2D eigenvalue weighted by atomic mass is 9.75. The molecule has 2 heterocycles. The molecule has 1 aliphatic heterocycles. The van der Waals surface area contributed by atoms with Crippen molar-refractivity contribution in [2.75, 3.05) is 18.8 Å². The van der Waals surface area contributed by atoms with Gasteiger partial charge in [-0.25, -0.2) is 0 Å². The lowest BCUT2D eigenvalue weighted by molar-refractivity contribution is 0.0602. The molecule has 1 amide bonds. The van der Waals surface area contributed by atoms with Crippen molar-refractivity contribution in [1.82, 2.24) is 15.1 Å². The Morgan fingerprint density at radius 2 is 1.89 bits per heavy atom. The summed E-state index contributed by atoms with van der Waals surface area (Å²) in [5, 5.41) is 7.58. The Morgan fingerprint density at radius 3 is 2.37 bits per heavy atom. The van der Waals surface area contributed by atoms with Crippen LogP contribution in [0.25, 0.3) is 0 Å². The Balaban J connectivity index is 1.98. The van der Waals surface area contributed by atoms with Crippen molar-refractivity contribution < 1.29 is 4.79 Å². The summed E-state index contributed by atoms with van der Waals surface area (Å²) < 4.78 is 0. The lowest BCUT2D eigenvalue weighted by Crippen LogP contribution is -2.41. The van der Waals surface area contributed by atoms with E-state index in [4.69, 9.17) is 5.73 Å². The van der Waals surface area contributed by atoms with Gasteiger partial charge >= 0.3 is 0 Å². The van der Waals surface area contributed by atoms with Crippen molar-refractivity contribution in [1.29, 1.82) is 0 Å². The molecule has 0 saturated carbocycles. The third-order valence-electron chi connectivity index (χ3n) is 3.91. The molecular formula is C14H22N4O. The van der Waals surface area contributed by atoms with Gasteiger partial charge in [0.25, 0.3) is 5.91 Å². The molecule has 0 spiro atoms. The molecule has 19 heavy (non-hydrogen) atoms. The van der Waals surface area contributed by atoms with Gasteiger partial charge in [0, 0.05) is 13.1 Å². The fourth-order valence-corrected chi connectivity index (χ4v) is 2.57. The van der Waals surface area contributed by atoms with Crippen molar-refractivity contribution in [2.45, 2.75) is 33.6 Å². The van der Waals surface area contributed by atoms with Gasteiger partial charge in [-0.1, -0.05) is 20.8 Å². The number of carbonyl (C=O) groups is 1. The molecule has 1 aromatic heterocycles. The van der Waals surface area contributed by atoms with Gasteiger partial charge in [0.1, 0.15) is 5.82 Å². The van der Waals surface area contributed by atoms with Gasteiger partial charge in [0.15, 0.2) is 5.69 Å². The molecule has 2 rings (SSSR count). The van der Waals surface area contributed by atoms with Crippen molar-refractivity contribution in [3.05, 3.63) is 17.8 Å². The fourth-order valence-electron chi connectivity index (χ4n) is 2.57. The predicted octanol–water partition coefficient (Wildman–Crippen LogP) is 1.96. The molecule has 5 nitrogen and oxygen atoms in total. The standard InChI is InChI=1S/C14H22N4O/c1-14(2,3)10-6-8-18(9-7-10)13(19)11-4-5-12(15)17-16-11/h4-5,10H,6-9H2,1-3H3,(H2,15,17).